The van der Waals surface area contributed by atoms with E-state index in [2.05, 4.69) is 163 Å². The van der Waals surface area contributed by atoms with E-state index in [1.54, 1.807) is 0 Å². The van der Waals surface area contributed by atoms with Crippen molar-refractivity contribution in [2.45, 2.75) is 0 Å². The molecule has 176 valence electrons. The van der Waals surface area contributed by atoms with Crippen molar-refractivity contribution in [1.82, 2.24) is 0 Å². The lowest BCUT2D eigenvalue weighted by molar-refractivity contribution is 1.52. The topological polar surface area (TPSA) is 12.0 Å². The van der Waals surface area contributed by atoms with E-state index < -0.39 is 0 Å². The van der Waals surface area contributed by atoms with Gasteiger partial charge in [0.05, 0.1) is 0 Å². The molecule has 1 nitrogen and oxygen atoms in total. The molecule has 0 atom stereocenters. The van der Waals surface area contributed by atoms with Gasteiger partial charge in [0.2, 0.25) is 0 Å². The van der Waals surface area contributed by atoms with Crippen LogP contribution in [0.4, 0.5) is 11.4 Å². The molecular weight excluding hydrogens is 446 g/mol. The molecule has 0 bridgehead atoms. The molecule has 6 rings (SSSR count). The van der Waals surface area contributed by atoms with Crippen LogP contribution < -0.4 is 5.32 Å². The molecule has 0 unspecified atom stereocenters. The maximum Gasteiger partial charge on any atom is 0.0390 e. The summed E-state index contributed by atoms with van der Waals surface area (Å²) in [6.07, 6.45) is 0. The summed E-state index contributed by atoms with van der Waals surface area (Å²) in [4.78, 5) is 0. The molecule has 0 spiro atoms. The smallest absolute Gasteiger partial charge is 0.0390 e. The third-order valence-electron chi connectivity index (χ3n) is 6.68. The number of hydrogen-bond donors (Lipinski definition) is 1. The Morgan fingerprint density at radius 1 is 0.270 bits per heavy atom. The lowest BCUT2D eigenvalue weighted by Gasteiger charge is -2.13. The zero-order valence-corrected chi connectivity index (χ0v) is 20.5. The van der Waals surface area contributed by atoms with Crippen LogP contribution in [-0.2, 0) is 0 Å². The van der Waals surface area contributed by atoms with Crippen LogP contribution in [0, 0.1) is 0 Å². The van der Waals surface area contributed by atoms with Crippen LogP contribution in [0.25, 0.3) is 44.5 Å². The maximum absolute atomic E-state index is 3.60. The fourth-order valence-corrected chi connectivity index (χ4v) is 4.87. The zero-order valence-electron chi connectivity index (χ0n) is 20.5. The minimum absolute atomic E-state index is 1.06. The van der Waals surface area contributed by atoms with Gasteiger partial charge in [0.1, 0.15) is 0 Å². The van der Waals surface area contributed by atoms with Crippen LogP contribution in [0.1, 0.15) is 0 Å². The van der Waals surface area contributed by atoms with Crippen LogP contribution in [0.3, 0.4) is 0 Å². The third-order valence-corrected chi connectivity index (χ3v) is 6.68. The minimum Gasteiger partial charge on any atom is -0.356 e. The van der Waals surface area contributed by atoms with Gasteiger partial charge in [0, 0.05) is 11.4 Å². The van der Waals surface area contributed by atoms with Crippen molar-refractivity contribution in [3.05, 3.63) is 158 Å². The van der Waals surface area contributed by atoms with Crippen molar-refractivity contribution >= 4 is 11.4 Å². The number of hydrogen-bond acceptors (Lipinski definition) is 1. The Labute approximate surface area is 218 Å². The predicted octanol–water partition coefficient (Wildman–Crippen LogP) is 10.1. The number of rotatable bonds is 6. The molecule has 0 saturated heterocycles. The Morgan fingerprint density at radius 2 is 0.676 bits per heavy atom. The van der Waals surface area contributed by atoms with Crippen LogP contribution >= 0.6 is 0 Å². The van der Waals surface area contributed by atoms with Gasteiger partial charge in [-0.2, -0.15) is 0 Å². The normalized spacial score (nSPS) is 10.7. The quantitative estimate of drug-likeness (QED) is 0.254. The van der Waals surface area contributed by atoms with E-state index in [4.69, 9.17) is 0 Å². The summed E-state index contributed by atoms with van der Waals surface area (Å²) in [5, 5.41) is 3.60. The first kappa shape index (κ1) is 22.6. The molecular formula is C36H27N. The number of anilines is 2. The Morgan fingerprint density at radius 3 is 1.19 bits per heavy atom. The van der Waals surface area contributed by atoms with Crippen LogP contribution in [0.5, 0.6) is 0 Å². The highest BCUT2D eigenvalue weighted by Gasteiger charge is 2.09. The lowest BCUT2D eigenvalue weighted by Crippen LogP contribution is -1.92. The molecule has 0 aliphatic carbocycles. The fourth-order valence-electron chi connectivity index (χ4n) is 4.87. The first-order valence-electron chi connectivity index (χ1n) is 12.6. The lowest BCUT2D eigenvalue weighted by atomic mass is 9.94. The van der Waals surface area contributed by atoms with Crippen molar-refractivity contribution in [2.24, 2.45) is 0 Å². The van der Waals surface area contributed by atoms with E-state index >= 15 is 0 Å². The second kappa shape index (κ2) is 10.4. The van der Waals surface area contributed by atoms with E-state index in [1.807, 2.05) is 0 Å². The van der Waals surface area contributed by atoms with E-state index in [-0.39, 0.29) is 0 Å². The van der Waals surface area contributed by atoms with E-state index in [0.29, 0.717) is 0 Å². The first-order valence-corrected chi connectivity index (χ1v) is 12.6. The van der Waals surface area contributed by atoms with Gasteiger partial charge in [-0.1, -0.05) is 133 Å². The van der Waals surface area contributed by atoms with Gasteiger partial charge in [-0.3, -0.25) is 0 Å². The van der Waals surface area contributed by atoms with Crippen molar-refractivity contribution in [2.75, 3.05) is 5.32 Å². The second-order valence-corrected chi connectivity index (χ2v) is 9.11. The Hall–Kier alpha value is -4.88. The van der Waals surface area contributed by atoms with Crippen molar-refractivity contribution in [3.8, 4) is 44.5 Å². The second-order valence-electron chi connectivity index (χ2n) is 9.11. The number of nitrogens with one attached hydrogen (secondary N) is 1. The summed E-state index contributed by atoms with van der Waals surface area (Å²) >= 11 is 0. The summed E-state index contributed by atoms with van der Waals surface area (Å²) in [5.41, 5.74) is 11.9. The van der Waals surface area contributed by atoms with Gasteiger partial charge in [-0.05, 0) is 68.8 Å². The molecule has 1 heteroatoms. The molecule has 0 fully saturated rings. The Bertz CT molecular complexity index is 1620. The van der Waals surface area contributed by atoms with Gasteiger partial charge in [0.15, 0.2) is 0 Å². The Balaban J connectivity index is 1.27. The summed E-state index contributed by atoms with van der Waals surface area (Å²) in [5.74, 6) is 0. The van der Waals surface area contributed by atoms with Crippen molar-refractivity contribution < 1.29 is 0 Å². The van der Waals surface area contributed by atoms with Crippen LogP contribution in [0.2, 0.25) is 0 Å². The predicted molar refractivity (Wildman–Crippen MR) is 158 cm³/mol. The average Bonchev–Trinajstić information content (AvgIpc) is 2.99. The summed E-state index contributed by atoms with van der Waals surface area (Å²) in [7, 11) is 0. The SMILES string of the molecule is c1ccc(-c2ccccc2-c2ccc(Nc3cccc(-c4ccccc4-c4ccccc4)c3)cc2)cc1. The fraction of sp³-hybridized carbons (Fsp3) is 0. The highest BCUT2D eigenvalue weighted by Crippen LogP contribution is 2.35. The summed E-state index contributed by atoms with van der Waals surface area (Å²) < 4.78 is 0. The van der Waals surface area contributed by atoms with Crippen molar-refractivity contribution in [3.63, 3.8) is 0 Å². The molecule has 6 aromatic carbocycles. The highest BCUT2D eigenvalue weighted by atomic mass is 14.9. The van der Waals surface area contributed by atoms with Gasteiger partial charge in [-0.25, -0.2) is 0 Å². The molecule has 0 aromatic heterocycles. The van der Waals surface area contributed by atoms with Gasteiger partial charge < -0.3 is 5.32 Å². The van der Waals surface area contributed by atoms with Gasteiger partial charge >= 0.3 is 0 Å². The third kappa shape index (κ3) is 4.94. The molecule has 0 saturated carbocycles. The van der Waals surface area contributed by atoms with E-state index in [1.165, 1.54) is 44.5 Å². The Kier molecular flexibility index (Phi) is 6.34. The van der Waals surface area contributed by atoms with Gasteiger partial charge in [-0.15, -0.1) is 0 Å². The molecule has 0 heterocycles. The standard InChI is InChI=1S/C36H27N/c1-3-12-27(13-4-1)33-18-7-8-20-35(33)29-22-24-31(25-23-29)37-32-17-11-16-30(26-32)36-21-10-9-19-34(36)28-14-5-2-6-15-28/h1-26,37H. The largest absolute Gasteiger partial charge is 0.356 e. The summed E-state index contributed by atoms with van der Waals surface area (Å²) in [6, 6.07) is 55.6. The average molecular weight is 474 g/mol. The molecule has 37 heavy (non-hydrogen) atoms. The minimum atomic E-state index is 1.06. The van der Waals surface area contributed by atoms with Crippen molar-refractivity contribution in [1.29, 1.82) is 0 Å². The van der Waals surface area contributed by atoms with E-state index in [9.17, 15) is 0 Å². The number of benzene rings is 6. The maximum atomic E-state index is 3.60. The highest BCUT2D eigenvalue weighted by molar-refractivity contribution is 5.86. The first-order chi connectivity index (χ1) is 18.3. The zero-order chi connectivity index (χ0) is 24.9. The molecule has 0 amide bonds. The van der Waals surface area contributed by atoms with E-state index in [0.717, 1.165) is 11.4 Å². The molecule has 0 aliphatic rings. The summed E-state index contributed by atoms with van der Waals surface area (Å²) in [6.45, 7) is 0. The monoisotopic (exact) mass is 473 g/mol. The molecule has 0 radical (unpaired) electrons. The molecule has 6 aromatic rings. The van der Waals surface area contributed by atoms with Crippen LogP contribution in [-0.4, -0.2) is 0 Å². The molecule has 0 aliphatic heterocycles. The van der Waals surface area contributed by atoms with Gasteiger partial charge in [0.25, 0.3) is 0 Å². The van der Waals surface area contributed by atoms with Crippen LogP contribution in [0.15, 0.2) is 158 Å². The molecule has 1 N–H and O–H groups in total.